The number of hydrogen-bond donors (Lipinski definition) is 1. The summed E-state index contributed by atoms with van der Waals surface area (Å²) < 4.78 is 7.48. The van der Waals surface area contributed by atoms with E-state index in [0.29, 0.717) is 13.2 Å². The van der Waals surface area contributed by atoms with Crippen LogP contribution in [0.15, 0.2) is 35.5 Å². The van der Waals surface area contributed by atoms with Gasteiger partial charge in [-0.05, 0) is 5.56 Å². The number of rotatable bonds is 4. The quantitative estimate of drug-likeness (QED) is 0.412. The Morgan fingerprint density at radius 1 is 1.50 bits per heavy atom. The molecule has 0 bridgehead atoms. The highest BCUT2D eigenvalue weighted by atomic mass is 16.6. The molecule has 0 aliphatic carbocycles. The van der Waals surface area contributed by atoms with Crippen LogP contribution in [0.2, 0.25) is 0 Å². The van der Waals surface area contributed by atoms with Gasteiger partial charge in [0.05, 0.1) is 7.56 Å². The third-order valence-electron chi connectivity index (χ3n) is 1.22. The first-order chi connectivity index (χ1) is 6.34. The second kappa shape index (κ2) is 5.32. The SMILES string of the molecule is [3H]C(=NOCCN)c1ccccc1. The number of oxime groups is 1. The van der Waals surface area contributed by atoms with Crippen molar-refractivity contribution in [3.05, 3.63) is 35.9 Å². The smallest absolute Gasteiger partial charge is 0.129 e. The van der Waals surface area contributed by atoms with Crippen LogP contribution in [-0.4, -0.2) is 19.3 Å². The van der Waals surface area contributed by atoms with Crippen molar-refractivity contribution >= 4 is 6.19 Å². The van der Waals surface area contributed by atoms with Crippen molar-refractivity contribution < 1.29 is 6.21 Å². The van der Waals surface area contributed by atoms with E-state index in [1.165, 1.54) is 0 Å². The Labute approximate surface area is 73.2 Å². The van der Waals surface area contributed by atoms with Gasteiger partial charge < -0.3 is 10.6 Å². The molecule has 0 radical (unpaired) electrons. The minimum Gasteiger partial charge on any atom is -0.394 e. The predicted molar refractivity (Wildman–Crippen MR) is 49.0 cm³/mol. The molecular weight excluding hydrogens is 152 g/mol. The zero-order chi connectivity index (χ0) is 9.52. The second-order valence-corrected chi connectivity index (χ2v) is 2.19. The van der Waals surface area contributed by atoms with Gasteiger partial charge >= 0.3 is 0 Å². The lowest BCUT2D eigenvalue weighted by atomic mass is 10.2. The minimum atomic E-state index is 0.119. The van der Waals surface area contributed by atoms with E-state index >= 15 is 0 Å². The summed E-state index contributed by atoms with van der Waals surface area (Å²) in [5.41, 5.74) is 5.93. The first kappa shape index (κ1) is 7.31. The van der Waals surface area contributed by atoms with Crippen molar-refractivity contribution in [2.24, 2.45) is 10.9 Å². The summed E-state index contributed by atoms with van der Waals surface area (Å²) >= 11 is 0. The molecule has 0 heterocycles. The van der Waals surface area contributed by atoms with Crippen molar-refractivity contribution in [2.75, 3.05) is 13.2 Å². The molecule has 0 amide bonds. The Morgan fingerprint density at radius 2 is 2.25 bits per heavy atom. The average Bonchev–Trinajstić information content (AvgIpc) is 2.19. The summed E-state index contributed by atoms with van der Waals surface area (Å²) in [6.07, 6.45) is 0.119. The van der Waals surface area contributed by atoms with Gasteiger partial charge in [-0.1, -0.05) is 35.5 Å². The Balaban J connectivity index is 2.57. The van der Waals surface area contributed by atoms with Crippen LogP contribution in [0.4, 0.5) is 0 Å². The molecule has 0 fully saturated rings. The summed E-state index contributed by atoms with van der Waals surface area (Å²) in [6.45, 7) is 0.751. The molecule has 64 valence electrons. The molecule has 0 spiro atoms. The molecule has 0 aliphatic rings. The Bertz CT molecular complexity index is 274. The van der Waals surface area contributed by atoms with Gasteiger partial charge in [-0.3, -0.25) is 0 Å². The molecule has 0 unspecified atom stereocenters. The molecule has 2 N–H and O–H groups in total. The largest absolute Gasteiger partial charge is 0.394 e. The minimum absolute atomic E-state index is 0.119. The maximum Gasteiger partial charge on any atom is 0.129 e. The van der Waals surface area contributed by atoms with Crippen molar-refractivity contribution in [2.45, 2.75) is 0 Å². The molecule has 0 aliphatic heterocycles. The van der Waals surface area contributed by atoms with Crippen LogP contribution in [0.25, 0.3) is 0 Å². The predicted octanol–water partition coefficient (Wildman–Crippen LogP) is 0.996. The zero-order valence-corrected chi connectivity index (χ0v) is 6.73. The Kier molecular flexibility index (Phi) is 3.24. The van der Waals surface area contributed by atoms with E-state index in [9.17, 15) is 0 Å². The molecule has 0 atom stereocenters. The summed E-state index contributed by atoms with van der Waals surface area (Å²) in [5, 5.41) is 3.59. The molecule has 3 heteroatoms. The van der Waals surface area contributed by atoms with Gasteiger partial charge in [-0.2, -0.15) is 0 Å². The van der Waals surface area contributed by atoms with Crippen LogP contribution in [-0.2, 0) is 4.84 Å². The van der Waals surface area contributed by atoms with Gasteiger partial charge in [0.1, 0.15) is 6.61 Å². The average molecular weight is 166 g/mol. The van der Waals surface area contributed by atoms with Crippen LogP contribution >= 0.6 is 0 Å². The summed E-state index contributed by atoms with van der Waals surface area (Å²) in [7, 11) is 0. The van der Waals surface area contributed by atoms with Crippen LogP contribution < -0.4 is 5.73 Å². The van der Waals surface area contributed by atoms with E-state index in [2.05, 4.69) is 5.16 Å². The second-order valence-electron chi connectivity index (χ2n) is 2.19. The lowest BCUT2D eigenvalue weighted by Crippen LogP contribution is -2.05. The summed E-state index contributed by atoms with van der Waals surface area (Å²) in [5.74, 6) is 0. The van der Waals surface area contributed by atoms with E-state index in [-0.39, 0.29) is 6.19 Å². The number of benzene rings is 1. The zero-order valence-electron chi connectivity index (χ0n) is 7.73. The van der Waals surface area contributed by atoms with Crippen molar-refractivity contribution in [3.63, 3.8) is 0 Å². The molecule has 1 rings (SSSR count). The number of hydrogen-bond acceptors (Lipinski definition) is 3. The van der Waals surface area contributed by atoms with Crippen LogP contribution in [0, 0.1) is 0 Å². The normalized spacial score (nSPS) is 12.4. The van der Waals surface area contributed by atoms with E-state index in [4.69, 9.17) is 11.9 Å². The van der Waals surface area contributed by atoms with Crippen LogP contribution in [0.5, 0.6) is 0 Å². The molecule has 12 heavy (non-hydrogen) atoms. The van der Waals surface area contributed by atoms with Crippen molar-refractivity contribution in [3.8, 4) is 0 Å². The van der Waals surface area contributed by atoms with Crippen LogP contribution in [0.3, 0.4) is 0 Å². The summed E-state index contributed by atoms with van der Waals surface area (Å²) in [6, 6.07) is 9.19. The molecule has 1 aromatic carbocycles. The van der Waals surface area contributed by atoms with Crippen molar-refractivity contribution in [1.82, 2.24) is 0 Å². The van der Waals surface area contributed by atoms with Gasteiger partial charge in [0.25, 0.3) is 0 Å². The molecular formula is C9H12N2O. The third-order valence-corrected chi connectivity index (χ3v) is 1.22. The molecule has 3 nitrogen and oxygen atoms in total. The molecule has 0 aromatic heterocycles. The molecule has 0 saturated carbocycles. The first-order valence-electron chi connectivity index (χ1n) is 4.26. The standard InChI is InChI=1S/C9H12N2O/c10-6-7-12-11-8-9-4-2-1-3-5-9/h1-5,8H,6-7,10H2/i8T. The molecule has 0 saturated heterocycles. The van der Waals surface area contributed by atoms with E-state index in [0.717, 1.165) is 5.56 Å². The maximum absolute atomic E-state index is 7.48. The van der Waals surface area contributed by atoms with E-state index < -0.39 is 0 Å². The lowest BCUT2D eigenvalue weighted by molar-refractivity contribution is 0.154. The van der Waals surface area contributed by atoms with Gasteiger partial charge in [-0.15, -0.1) is 0 Å². The molecule has 1 aromatic rings. The van der Waals surface area contributed by atoms with E-state index in [1.807, 2.05) is 18.2 Å². The Morgan fingerprint density at radius 3 is 2.92 bits per heavy atom. The van der Waals surface area contributed by atoms with Gasteiger partial charge in [0, 0.05) is 6.54 Å². The van der Waals surface area contributed by atoms with Gasteiger partial charge in [0.15, 0.2) is 0 Å². The maximum atomic E-state index is 7.48. The fourth-order valence-electron chi connectivity index (χ4n) is 0.696. The van der Waals surface area contributed by atoms with E-state index in [1.54, 1.807) is 12.1 Å². The number of nitrogens with zero attached hydrogens (tertiary/aromatic N) is 1. The van der Waals surface area contributed by atoms with Crippen molar-refractivity contribution in [1.29, 1.82) is 0 Å². The highest BCUT2D eigenvalue weighted by Gasteiger charge is 1.82. The summed E-state index contributed by atoms with van der Waals surface area (Å²) in [4.78, 5) is 4.77. The topological polar surface area (TPSA) is 47.6 Å². The van der Waals surface area contributed by atoms with Gasteiger partial charge in [0.2, 0.25) is 0 Å². The monoisotopic (exact) mass is 166 g/mol. The Hall–Kier alpha value is -1.35. The highest BCUT2D eigenvalue weighted by molar-refractivity contribution is 5.78. The fourth-order valence-corrected chi connectivity index (χ4v) is 0.696. The van der Waals surface area contributed by atoms with Crippen LogP contribution in [0.1, 0.15) is 6.93 Å². The third kappa shape index (κ3) is 3.16. The first-order valence-corrected chi connectivity index (χ1v) is 3.76. The number of nitrogens with two attached hydrogens (primary N) is 1. The highest BCUT2D eigenvalue weighted by Crippen LogP contribution is 1.93. The van der Waals surface area contributed by atoms with Gasteiger partial charge in [-0.25, -0.2) is 0 Å². The lowest BCUT2D eigenvalue weighted by Gasteiger charge is -1.93. The fraction of sp³-hybridized carbons (Fsp3) is 0.222.